The van der Waals surface area contributed by atoms with E-state index in [-0.39, 0.29) is 11.7 Å². The van der Waals surface area contributed by atoms with Gasteiger partial charge in [0, 0.05) is 31.8 Å². The number of anilines is 1. The molecule has 0 unspecified atom stereocenters. The first-order valence-electron chi connectivity index (χ1n) is 5.13. The second kappa shape index (κ2) is 5.97. The fourth-order valence-corrected chi connectivity index (χ4v) is 1.41. The summed E-state index contributed by atoms with van der Waals surface area (Å²) < 4.78 is 0. The van der Waals surface area contributed by atoms with Crippen molar-refractivity contribution >= 4 is 11.6 Å². The molecule has 16 heavy (non-hydrogen) atoms. The molecule has 5 heteroatoms. The van der Waals surface area contributed by atoms with E-state index in [4.69, 9.17) is 5.84 Å². The molecule has 0 spiro atoms. The lowest BCUT2D eigenvalue weighted by molar-refractivity contribution is -0.121. The van der Waals surface area contributed by atoms with E-state index in [1.54, 1.807) is 18.2 Å². The van der Waals surface area contributed by atoms with Gasteiger partial charge in [0.2, 0.25) is 5.91 Å². The molecule has 0 aliphatic heterocycles. The smallest absolute Gasteiger partial charge is 0.233 e. The van der Waals surface area contributed by atoms with Crippen LogP contribution in [0, 0.1) is 0 Å². The molecule has 0 aliphatic rings. The summed E-state index contributed by atoms with van der Waals surface area (Å²) in [6, 6.07) is 7.00. The van der Waals surface area contributed by atoms with E-state index < -0.39 is 0 Å². The molecule has 0 aliphatic carbocycles. The van der Waals surface area contributed by atoms with Gasteiger partial charge >= 0.3 is 0 Å². The number of nitrogens with two attached hydrogens (primary N) is 1. The van der Waals surface area contributed by atoms with Crippen molar-refractivity contribution in [3.63, 3.8) is 0 Å². The molecule has 1 amide bonds. The first-order chi connectivity index (χ1) is 7.63. The minimum absolute atomic E-state index is 0.163. The van der Waals surface area contributed by atoms with Gasteiger partial charge in [0.1, 0.15) is 5.75 Å². The quantitative estimate of drug-likeness (QED) is 0.388. The Morgan fingerprint density at radius 1 is 1.56 bits per heavy atom. The third kappa shape index (κ3) is 3.78. The molecule has 1 aromatic rings. The van der Waals surface area contributed by atoms with Crippen LogP contribution in [0.5, 0.6) is 5.75 Å². The van der Waals surface area contributed by atoms with Crippen molar-refractivity contribution in [3.05, 3.63) is 24.3 Å². The van der Waals surface area contributed by atoms with Gasteiger partial charge in [-0.1, -0.05) is 6.07 Å². The number of rotatable bonds is 5. The Bertz CT molecular complexity index is 355. The number of nitrogens with one attached hydrogen (secondary N) is 1. The summed E-state index contributed by atoms with van der Waals surface area (Å²) in [7, 11) is 1.91. The lowest BCUT2D eigenvalue weighted by atomic mass is 10.2. The molecule has 0 fully saturated rings. The number of hydrogen-bond acceptors (Lipinski definition) is 4. The Balaban J connectivity index is 2.40. The summed E-state index contributed by atoms with van der Waals surface area (Å²) in [4.78, 5) is 12.9. The van der Waals surface area contributed by atoms with Gasteiger partial charge in [-0.15, -0.1) is 0 Å². The lowest BCUT2D eigenvalue weighted by Crippen LogP contribution is -2.30. The zero-order chi connectivity index (χ0) is 12.0. The third-order valence-electron chi connectivity index (χ3n) is 2.33. The van der Waals surface area contributed by atoms with Gasteiger partial charge in [-0.3, -0.25) is 10.2 Å². The zero-order valence-corrected chi connectivity index (χ0v) is 9.31. The molecule has 0 bridgehead atoms. The molecule has 5 nitrogen and oxygen atoms in total. The molecule has 1 rings (SSSR count). The van der Waals surface area contributed by atoms with E-state index in [1.165, 1.54) is 0 Å². The minimum atomic E-state index is -0.163. The van der Waals surface area contributed by atoms with E-state index in [9.17, 15) is 9.90 Å². The normalized spacial score (nSPS) is 9.88. The van der Waals surface area contributed by atoms with Crippen molar-refractivity contribution in [2.24, 2.45) is 5.84 Å². The van der Waals surface area contributed by atoms with Gasteiger partial charge in [0.25, 0.3) is 0 Å². The van der Waals surface area contributed by atoms with Crippen LogP contribution in [0.4, 0.5) is 5.69 Å². The Morgan fingerprint density at radius 3 is 2.94 bits per heavy atom. The average Bonchev–Trinajstić information content (AvgIpc) is 2.28. The molecule has 0 heterocycles. The van der Waals surface area contributed by atoms with Gasteiger partial charge in [-0.2, -0.15) is 0 Å². The second-order valence-corrected chi connectivity index (χ2v) is 3.61. The van der Waals surface area contributed by atoms with Crippen LogP contribution in [0.25, 0.3) is 0 Å². The van der Waals surface area contributed by atoms with Gasteiger partial charge in [0.05, 0.1) is 0 Å². The van der Waals surface area contributed by atoms with Crippen molar-refractivity contribution < 1.29 is 9.90 Å². The highest BCUT2D eigenvalue weighted by molar-refractivity contribution is 5.75. The largest absolute Gasteiger partial charge is 0.508 e. The SMILES string of the molecule is CN(CCCC(=O)NN)c1cccc(O)c1. The molecule has 4 N–H and O–H groups in total. The van der Waals surface area contributed by atoms with Crippen LogP contribution >= 0.6 is 0 Å². The highest BCUT2D eigenvalue weighted by Gasteiger charge is 2.03. The number of carbonyl (C=O) groups excluding carboxylic acids is 1. The fourth-order valence-electron chi connectivity index (χ4n) is 1.41. The van der Waals surface area contributed by atoms with E-state index in [2.05, 4.69) is 5.43 Å². The van der Waals surface area contributed by atoms with Crippen LogP contribution in [0.1, 0.15) is 12.8 Å². The van der Waals surface area contributed by atoms with E-state index in [0.717, 1.165) is 18.7 Å². The highest BCUT2D eigenvalue weighted by atomic mass is 16.3. The summed E-state index contributed by atoms with van der Waals surface area (Å²) in [5.74, 6) is 5.05. The Morgan fingerprint density at radius 2 is 2.31 bits per heavy atom. The summed E-state index contributed by atoms with van der Waals surface area (Å²) in [5.41, 5.74) is 3.01. The Labute approximate surface area is 94.8 Å². The van der Waals surface area contributed by atoms with Crippen LogP contribution in [-0.2, 0) is 4.79 Å². The van der Waals surface area contributed by atoms with Crippen LogP contribution in [0.2, 0.25) is 0 Å². The van der Waals surface area contributed by atoms with Crippen LogP contribution in [0.15, 0.2) is 24.3 Å². The number of phenolic OH excluding ortho intramolecular Hbond substituents is 1. The summed E-state index contributed by atoms with van der Waals surface area (Å²) in [6.45, 7) is 0.733. The third-order valence-corrected chi connectivity index (χ3v) is 2.33. The minimum Gasteiger partial charge on any atom is -0.508 e. The molecule has 0 aromatic heterocycles. The molecular weight excluding hydrogens is 206 g/mol. The average molecular weight is 223 g/mol. The van der Waals surface area contributed by atoms with Gasteiger partial charge in [-0.05, 0) is 18.6 Å². The zero-order valence-electron chi connectivity index (χ0n) is 9.31. The van der Waals surface area contributed by atoms with Crippen molar-refractivity contribution in [1.82, 2.24) is 5.43 Å². The summed E-state index contributed by atoms with van der Waals surface area (Å²) in [6.07, 6.45) is 1.12. The maximum Gasteiger partial charge on any atom is 0.233 e. The number of benzene rings is 1. The molecular formula is C11H17N3O2. The topological polar surface area (TPSA) is 78.6 Å². The monoisotopic (exact) mass is 223 g/mol. The number of hydrazine groups is 1. The summed E-state index contributed by atoms with van der Waals surface area (Å²) in [5, 5.41) is 9.31. The van der Waals surface area contributed by atoms with Crippen LogP contribution < -0.4 is 16.2 Å². The van der Waals surface area contributed by atoms with Crippen molar-refractivity contribution in [2.75, 3.05) is 18.5 Å². The number of carbonyl (C=O) groups is 1. The number of amides is 1. The standard InChI is InChI=1S/C11H17N3O2/c1-14(7-3-6-11(16)13-12)9-4-2-5-10(15)8-9/h2,4-5,8,15H,3,6-7,12H2,1H3,(H,13,16). The lowest BCUT2D eigenvalue weighted by Gasteiger charge is -2.19. The number of phenols is 1. The van der Waals surface area contributed by atoms with E-state index in [0.29, 0.717) is 6.42 Å². The van der Waals surface area contributed by atoms with Gasteiger partial charge in [-0.25, -0.2) is 5.84 Å². The van der Waals surface area contributed by atoms with Crippen molar-refractivity contribution in [3.8, 4) is 5.75 Å². The maximum absolute atomic E-state index is 10.9. The number of nitrogens with zero attached hydrogens (tertiary/aromatic N) is 1. The van der Waals surface area contributed by atoms with Crippen molar-refractivity contribution in [1.29, 1.82) is 0 Å². The molecule has 0 saturated heterocycles. The first-order valence-corrected chi connectivity index (χ1v) is 5.13. The fraction of sp³-hybridized carbons (Fsp3) is 0.364. The second-order valence-electron chi connectivity index (χ2n) is 3.61. The molecule has 1 aromatic carbocycles. The number of hydrogen-bond donors (Lipinski definition) is 3. The molecule has 0 atom stereocenters. The van der Waals surface area contributed by atoms with Crippen molar-refractivity contribution in [2.45, 2.75) is 12.8 Å². The number of aromatic hydroxyl groups is 1. The van der Waals surface area contributed by atoms with Gasteiger partial charge in [0.15, 0.2) is 0 Å². The Kier molecular flexibility index (Phi) is 4.60. The van der Waals surface area contributed by atoms with Gasteiger partial charge < -0.3 is 10.0 Å². The molecule has 0 saturated carbocycles. The maximum atomic E-state index is 10.9. The molecule has 88 valence electrons. The van der Waals surface area contributed by atoms with Crippen LogP contribution in [-0.4, -0.2) is 24.6 Å². The highest BCUT2D eigenvalue weighted by Crippen LogP contribution is 2.18. The van der Waals surface area contributed by atoms with E-state index in [1.807, 2.05) is 18.0 Å². The van der Waals surface area contributed by atoms with Crippen LogP contribution in [0.3, 0.4) is 0 Å². The Hall–Kier alpha value is -1.75. The van der Waals surface area contributed by atoms with E-state index >= 15 is 0 Å². The predicted molar refractivity (Wildman–Crippen MR) is 62.9 cm³/mol. The molecule has 0 radical (unpaired) electrons. The predicted octanol–water partition coefficient (Wildman–Crippen LogP) is 0.598. The summed E-state index contributed by atoms with van der Waals surface area (Å²) >= 11 is 0. The first kappa shape index (κ1) is 12.3.